The summed E-state index contributed by atoms with van der Waals surface area (Å²) in [5, 5.41) is 9.70. The van der Waals surface area contributed by atoms with Crippen LogP contribution in [-0.4, -0.2) is 16.6 Å². The first-order valence-electron chi connectivity index (χ1n) is 6.16. The minimum absolute atomic E-state index is 0.397. The molecule has 4 heteroatoms. The van der Waals surface area contributed by atoms with Gasteiger partial charge in [0.05, 0.1) is 11.7 Å². The van der Waals surface area contributed by atoms with E-state index in [1.165, 1.54) is 30.8 Å². The molecule has 16 heavy (non-hydrogen) atoms. The van der Waals surface area contributed by atoms with Crippen LogP contribution >= 0.6 is 11.5 Å². The summed E-state index contributed by atoms with van der Waals surface area (Å²) in [6, 6.07) is 0.397. The van der Waals surface area contributed by atoms with Crippen molar-refractivity contribution in [1.29, 1.82) is 0 Å². The van der Waals surface area contributed by atoms with Crippen molar-refractivity contribution in [2.45, 2.75) is 39.2 Å². The van der Waals surface area contributed by atoms with E-state index in [2.05, 4.69) is 34.1 Å². The van der Waals surface area contributed by atoms with Gasteiger partial charge in [0.25, 0.3) is 0 Å². The second kappa shape index (κ2) is 5.23. The standard InChI is InChI=1S/C12H21N3S/c1-8-4-5-10(6-9(8)2)12(13-3)11-7-16-15-14-11/h7-10,12-13H,4-6H2,1-3H3. The molecule has 0 bridgehead atoms. The molecule has 0 saturated heterocycles. The highest BCUT2D eigenvalue weighted by molar-refractivity contribution is 7.03. The fraction of sp³-hybridized carbons (Fsp3) is 0.833. The van der Waals surface area contributed by atoms with Gasteiger partial charge < -0.3 is 5.32 Å². The van der Waals surface area contributed by atoms with Gasteiger partial charge in [0, 0.05) is 5.38 Å². The lowest BCUT2D eigenvalue weighted by Gasteiger charge is -2.35. The summed E-state index contributed by atoms with van der Waals surface area (Å²) in [5.74, 6) is 2.43. The van der Waals surface area contributed by atoms with Crippen LogP contribution in [0.25, 0.3) is 0 Å². The normalized spacial score (nSPS) is 32.6. The Kier molecular flexibility index (Phi) is 3.92. The molecule has 1 heterocycles. The maximum absolute atomic E-state index is 4.21. The largest absolute Gasteiger partial charge is 0.311 e. The monoisotopic (exact) mass is 239 g/mol. The van der Waals surface area contributed by atoms with Crippen LogP contribution in [0.5, 0.6) is 0 Å². The molecule has 0 aliphatic heterocycles. The highest BCUT2D eigenvalue weighted by Crippen LogP contribution is 2.39. The number of nitrogens with zero attached hydrogens (tertiary/aromatic N) is 2. The molecule has 1 saturated carbocycles. The van der Waals surface area contributed by atoms with E-state index in [1.54, 1.807) is 0 Å². The highest BCUT2D eigenvalue weighted by atomic mass is 32.1. The van der Waals surface area contributed by atoms with E-state index in [0.717, 1.165) is 23.4 Å². The van der Waals surface area contributed by atoms with Crippen molar-refractivity contribution in [3.63, 3.8) is 0 Å². The quantitative estimate of drug-likeness (QED) is 0.881. The average Bonchev–Trinajstić information content (AvgIpc) is 2.78. The third-order valence-electron chi connectivity index (χ3n) is 4.12. The van der Waals surface area contributed by atoms with Crippen LogP contribution in [-0.2, 0) is 0 Å². The number of rotatable bonds is 3. The second-order valence-corrected chi connectivity index (χ2v) is 5.73. The maximum Gasteiger partial charge on any atom is 0.0927 e. The van der Waals surface area contributed by atoms with E-state index < -0.39 is 0 Å². The lowest BCUT2D eigenvalue weighted by Crippen LogP contribution is -2.31. The summed E-state index contributed by atoms with van der Waals surface area (Å²) in [6.45, 7) is 4.75. The lowest BCUT2D eigenvalue weighted by molar-refractivity contribution is 0.173. The van der Waals surface area contributed by atoms with Gasteiger partial charge in [0.15, 0.2) is 0 Å². The molecule has 1 fully saturated rings. The minimum Gasteiger partial charge on any atom is -0.311 e. The summed E-state index contributed by atoms with van der Waals surface area (Å²) in [5.41, 5.74) is 1.12. The topological polar surface area (TPSA) is 37.8 Å². The average molecular weight is 239 g/mol. The van der Waals surface area contributed by atoms with Crippen LogP contribution in [0, 0.1) is 17.8 Å². The van der Waals surface area contributed by atoms with Gasteiger partial charge in [-0.2, -0.15) is 0 Å². The van der Waals surface area contributed by atoms with Crippen molar-refractivity contribution in [2.24, 2.45) is 17.8 Å². The third-order valence-corrected chi connectivity index (χ3v) is 4.64. The Bertz CT molecular complexity index is 312. The summed E-state index contributed by atoms with van der Waals surface area (Å²) in [6.07, 6.45) is 3.97. The molecule has 1 aliphatic carbocycles. The Balaban J connectivity index is 2.05. The molecule has 2 rings (SSSR count). The lowest BCUT2D eigenvalue weighted by atomic mass is 9.73. The van der Waals surface area contributed by atoms with Gasteiger partial charge >= 0.3 is 0 Å². The first kappa shape index (κ1) is 12.0. The molecule has 0 spiro atoms. The molecular weight excluding hydrogens is 218 g/mol. The first-order chi connectivity index (χ1) is 7.72. The third kappa shape index (κ3) is 2.43. The van der Waals surface area contributed by atoms with Crippen molar-refractivity contribution in [2.75, 3.05) is 7.05 Å². The Labute approximate surface area is 102 Å². The molecule has 4 atom stereocenters. The molecule has 90 valence electrons. The van der Waals surface area contributed by atoms with E-state index in [9.17, 15) is 0 Å². The molecule has 1 N–H and O–H groups in total. The van der Waals surface area contributed by atoms with Gasteiger partial charge in [0.2, 0.25) is 0 Å². The Morgan fingerprint density at radius 2 is 2.19 bits per heavy atom. The van der Waals surface area contributed by atoms with Gasteiger partial charge in [-0.3, -0.25) is 0 Å². The highest BCUT2D eigenvalue weighted by Gasteiger charge is 2.31. The van der Waals surface area contributed by atoms with E-state index in [1.807, 2.05) is 7.05 Å². The minimum atomic E-state index is 0.397. The molecule has 0 amide bonds. The van der Waals surface area contributed by atoms with Crippen molar-refractivity contribution in [1.82, 2.24) is 14.9 Å². The van der Waals surface area contributed by atoms with Gasteiger partial charge in [-0.05, 0) is 49.2 Å². The summed E-state index contributed by atoms with van der Waals surface area (Å²) in [7, 11) is 2.03. The van der Waals surface area contributed by atoms with Crippen LogP contribution < -0.4 is 5.32 Å². The molecule has 1 aliphatic rings. The predicted octanol–water partition coefficient (Wildman–Crippen LogP) is 2.87. The molecule has 1 aromatic rings. The van der Waals surface area contributed by atoms with E-state index in [-0.39, 0.29) is 0 Å². The van der Waals surface area contributed by atoms with Crippen LogP contribution in [0.1, 0.15) is 44.8 Å². The zero-order valence-corrected chi connectivity index (χ0v) is 11.1. The van der Waals surface area contributed by atoms with Crippen molar-refractivity contribution in [3.05, 3.63) is 11.1 Å². The van der Waals surface area contributed by atoms with E-state index in [0.29, 0.717) is 6.04 Å². The molecule has 0 aromatic carbocycles. The number of aromatic nitrogens is 2. The van der Waals surface area contributed by atoms with E-state index >= 15 is 0 Å². The van der Waals surface area contributed by atoms with E-state index in [4.69, 9.17) is 0 Å². The van der Waals surface area contributed by atoms with Crippen LogP contribution in [0.4, 0.5) is 0 Å². The van der Waals surface area contributed by atoms with Crippen LogP contribution in [0.3, 0.4) is 0 Å². The first-order valence-corrected chi connectivity index (χ1v) is 7.00. The second-order valence-electron chi connectivity index (χ2n) is 5.12. The Morgan fingerprint density at radius 3 is 2.75 bits per heavy atom. The smallest absolute Gasteiger partial charge is 0.0927 e. The summed E-state index contributed by atoms with van der Waals surface area (Å²) >= 11 is 1.45. The maximum atomic E-state index is 4.21. The molecule has 3 nitrogen and oxygen atoms in total. The van der Waals surface area contributed by atoms with Gasteiger partial charge in [-0.15, -0.1) is 5.10 Å². The van der Waals surface area contributed by atoms with Gasteiger partial charge in [-0.25, -0.2) is 0 Å². The molecule has 1 aromatic heterocycles. The zero-order chi connectivity index (χ0) is 11.5. The fourth-order valence-corrected chi connectivity index (χ4v) is 3.31. The van der Waals surface area contributed by atoms with Crippen molar-refractivity contribution < 1.29 is 0 Å². The number of hydrogen-bond acceptors (Lipinski definition) is 4. The van der Waals surface area contributed by atoms with Crippen molar-refractivity contribution >= 4 is 11.5 Å². The van der Waals surface area contributed by atoms with Gasteiger partial charge in [-0.1, -0.05) is 24.8 Å². The number of nitrogens with one attached hydrogen (secondary N) is 1. The fourth-order valence-electron chi connectivity index (χ4n) is 2.82. The van der Waals surface area contributed by atoms with Crippen molar-refractivity contribution in [3.8, 4) is 0 Å². The molecular formula is C12H21N3S. The summed E-state index contributed by atoms with van der Waals surface area (Å²) in [4.78, 5) is 0. The predicted molar refractivity (Wildman–Crippen MR) is 67.4 cm³/mol. The van der Waals surface area contributed by atoms with Gasteiger partial charge in [0.1, 0.15) is 0 Å². The molecule has 4 unspecified atom stereocenters. The zero-order valence-electron chi connectivity index (χ0n) is 10.3. The Morgan fingerprint density at radius 1 is 1.38 bits per heavy atom. The van der Waals surface area contributed by atoms with Crippen LogP contribution in [0.2, 0.25) is 0 Å². The summed E-state index contributed by atoms with van der Waals surface area (Å²) < 4.78 is 3.97. The Hall–Kier alpha value is -0.480. The number of hydrogen-bond donors (Lipinski definition) is 1. The molecule has 0 radical (unpaired) electrons. The van der Waals surface area contributed by atoms with Crippen LogP contribution in [0.15, 0.2) is 5.38 Å². The SMILES string of the molecule is CNC(c1csnn1)C1CCC(C)C(C)C1.